The molecule has 0 unspecified atom stereocenters. The van der Waals surface area contributed by atoms with E-state index in [9.17, 15) is 9.59 Å². The van der Waals surface area contributed by atoms with E-state index < -0.39 is 12.1 Å². The van der Waals surface area contributed by atoms with Gasteiger partial charge in [-0.25, -0.2) is 9.59 Å². The number of halogens is 1. The highest BCUT2D eigenvalue weighted by Gasteiger charge is 2.18. The number of nitrogens with zero attached hydrogens (tertiary/aromatic N) is 1. The predicted molar refractivity (Wildman–Crippen MR) is 74.0 cm³/mol. The largest absolute Gasteiger partial charge is 0.464 e. The van der Waals surface area contributed by atoms with Gasteiger partial charge in [0, 0.05) is 5.59 Å². The molecule has 102 valence electrons. The number of carbonyl (C=O) groups excluding carboxylic acids is 2. The van der Waals surface area contributed by atoms with Crippen molar-refractivity contribution in [2.45, 2.75) is 20.0 Å². The zero-order valence-corrected chi connectivity index (χ0v) is 11.9. The van der Waals surface area contributed by atoms with Gasteiger partial charge in [-0.2, -0.15) is 0 Å². The minimum atomic E-state index is -0.693. The Hall–Kier alpha value is -1.76. The maximum absolute atomic E-state index is 11.6. The lowest BCUT2D eigenvalue weighted by molar-refractivity contribution is 0.0595. The fourth-order valence-electron chi connectivity index (χ4n) is 1.28. The third kappa shape index (κ3) is 4.13. The van der Waals surface area contributed by atoms with Gasteiger partial charge in [-0.3, -0.25) is 10.3 Å². The Balaban J connectivity index is 3.07. The quantitative estimate of drug-likeness (QED) is 0.654. The van der Waals surface area contributed by atoms with Gasteiger partial charge in [0.2, 0.25) is 0 Å². The highest BCUT2D eigenvalue weighted by atomic mass is 35.5. The zero-order chi connectivity index (χ0) is 14.6. The van der Waals surface area contributed by atoms with E-state index in [-0.39, 0.29) is 17.5 Å². The van der Waals surface area contributed by atoms with Gasteiger partial charge in [-0.1, -0.05) is 11.6 Å². The minimum Gasteiger partial charge on any atom is -0.464 e. The summed E-state index contributed by atoms with van der Waals surface area (Å²) in [7, 11) is 2.87. The van der Waals surface area contributed by atoms with Crippen molar-refractivity contribution < 1.29 is 19.1 Å². The third-order valence-electron chi connectivity index (χ3n) is 2.11. The van der Waals surface area contributed by atoms with E-state index >= 15 is 0 Å². The predicted octanol–water partition coefficient (Wildman–Crippen LogP) is 0.737. The molecule has 1 rings (SSSR count). The number of rotatable bonds is 3. The summed E-state index contributed by atoms with van der Waals surface area (Å²) in [5.41, 5.74) is 0.586. The van der Waals surface area contributed by atoms with Gasteiger partial charge in [0.15, 0.2) is 13.5 Å². The van der Waals surface area contributed by atoms with E-state index in [0.717, 1.165) is 0 Å². The summed E-state index contributed by atoms with van der Waals surface area (Å²) in [6, 6.07) is 1.43. The second-order valence-corrected chi connectivity index (χ2v) is 4.43. The number of aromatic nitrogens is 1. The summed E-state index contributed by atoms with van der Waals surface area (Å²) in [5.74, 6) is -0.667. The maximum Gasteiger partial charge on any atom is 0.411 e. The maximum atomic E-state index is 11.6. The Bertz CT molecular complexity index is 508. The van der Waals surface area contributed by atoms with E-state index in [2.05, 4.69) is 15.0 Å². The van der Waals surface area contributed by atoms with E-state index in [1.54, 1.807) is 21.7 Å². The lowest BCUT2D eigenvalue weighted by Crippen LogP contribution is -2.23. The third-order valence-corrected chi connectivity index (χ3v) is 2.49. The zero-order valence-electron chi connectivity index (χ0n) is 11.1. The van der Waals surface area contributed by atoms with Crippen molar-refractivity contribution in [3.63, 3.8) is 0 Å². The molecule has 0 spiro atoms. The number of methoxy groups -OCH3 is 1. The molecule has 1 amide bonds. The average Bonchev–Trinajstić information content (AvgIpc) is 2.31. The van der Waals surface area contributed by atoms with Crippen LogP contribution in [-0.2, 0) is 9.47 Å². The van der Waals surface area contributed by atoms with E-state index in [1.165, 1.54) is 13.2 Å². The van der Waals surface area contributed by atoms with Crippen molar-refractivity contribution in [1.82, 2.24) is 4.98 Å². The number of nitrogens with one attached hydrogen (secondary N) is 1. The van der Waals surface area contributed by atoms with Gasteiger partial charge in [0.1, 0.15) is 0 Å². The summed E-state index contributed by atoms with van der Waals surface area (Å²) in [6.07, 6.45) is -0.975. The van der Waals surface area contributed by atoms with Crippen LogP contribution in [0.2, 0.25) is 5.02 Å². The summed E-state index contributed by atoms with van der Waals surface area (Å²) in [6.45, 7) is 3.42. The molecule has 6 nitrogen and oxygen atoms in total. The van der Waals surface area contributed by atoms with Crippen molar-refractivity contribution in [1.29, 1.82) is 0 Å². The molecule has 1 aromatic heterocycles. The van der Waals surface area contributed by atoms with Gasteiger partial charge >= 0.3 is 12.1 Å². The van der Waals surface area contributed by atoms with Gasteiger partial charge in [-0.05, 0) is 19.9 Å². The summed E-state index contributed by atoms with van der Waals surface area (Å²) in [5, 5.41) is 2.74. The number of hydrogen-bond acceptors (Lipinski definition) is 5. The lowest BCUT2D eigenvalue weighted by Gasteiger charge is -2.12. The number of esters is 1. The highest BCUT2D eigenvalue weighted by molar-refractivity contribution is 6.44. The first-order valence-corrected chi connectivity index (χ1v) is 5.96. The van der Waals surface area contributed by atoms with Crippen LogP contribution in [0.4, 0.5) is 10.5 Å². The monoisotopic (exact) mass is 284 g/mol. The van der Waals surface area contributed by atoms with E-state index in [4.69, 9.17) is 16.3 Å². The molecule has 0 fully saturated rings. The fraction of sp³-hybridized carbons (Fsp3) is 0.364. The molecule has 0 bridgehead atoms. The average molecular weight is 285 g/mol. The van der Waals surface area contributed by atoms with Crippen LogP contribution in [0.15, 0.2) is 6.07 Å². The Morgan fingerprint density at radius 3 is 2.63 bits per heavy atom. The molecular formula is C11H14BClN2O4. The molecule has 0 saturated heterocycles. The molecular weight excluding hydrogens is 270 g/mol. The van der Waals surface area contributed by atoms with Gasteiger partial charge in [0.25, 0.3) is 0 Å². The molecule has 0 atom stereocenters. The molecule has 8 heteroatoms. The molecule has 0 radical (unpaired) electrons. The SMILES string of the molecule is Bc1nc(C(=O)OC)c(NC(=O)OC(C)C)cc1Cl. The number of pyridine rings is 1. The number of ether oxygens (including phenoxy) is 2. The smallest absolute Gasteiger partial charge is 0.411 e. The number of hydrogen-bond donors (Lipinski definition) is 1. The van der Waals surface area contributed by atoms with Crippen LogP contribution in [0.3, 0.4) is 0 Å². The van der Waals surface area contributed by atoms with Crippen LogP contribution >= 0.6 is 11.6 Å². The second-order valence-electron chi connectivity index (χ2n) is 4.02. The normalized spacial score (nSPS) is 10.2. The Morgan fingerprint density at radius 1 is 1.47 bits per heavy atom. The summed E-state index contributed by atoms with van der Waals surface area (Å²) >= 11 is 5.92. The van der Waals surface area contributed by atoms with Crippen LogP contribution in [0.1, 0.15) is 24.3 Å². The van der Waals surface area contributed by atoms with Crippen LogP contribution < -0.4 is 10.9 Å². The fourth-order valence-corrected chi connectivity index (χ4v) is 1.43. The number of anilines is 1. The van der Waals surface area contributed by atoms with Crippen molar-refractivity contribution in [2.75, 3.05) is 12.4 Å². The van der Waals surface area contributed by atoms with Gasteiger partial charge in [0.05, 0.1) is 23.9 Å². The Kier molecular flexibility index (Phi) is 5.17. The van der Waals surface area contributed by atoms with Gasteiger partial charge in [-0.15, -0.1) is 0 Å². The molecule has 0 saturated carbocycles. The molecule has 1 N–H and O–H groups in total. The number of amides is 1. The van der Waals surface area contributed by atoms with Crippen molar-refractivity contribution >= 4 is 42.8 Å². The topological polar surface area (TPSA) is 77.5 Å². The van der Waals surface area contributed by atoms with Crippen LogP contribution in [0.25, 0.3) is 0 Å². The van der Waals surface area contributed by atoms with Gasteiger partial charge < -0.3 is 9.47 Å². The molecule has 0 aromatic carbocycles. The Morgan fingerprint density at radius 2 is 2.11 bits per heavy atom. The highest BCUT2D eigenvalue weighted by Crippen LogP contribution is 2.18. The molecule has 0 aliphatic heterocycles. The first-order valence-electron chi connectivity index (χ1n) is 5.58. The minimum absolute atomic E-state index is 0.0230. The summed E-state index contributed by atoms with van der Waals surface area (Å²) < 4.78 is 9.52. The van der Waals surface area contributed by atoms with Crippen LogP contribution in [-0.4, -0.2) is 38.1 Å². The van der Waals surface area contributed by atoms with Crippen molar-refractivity contribution in [3.8, 4) is 0 Å². The molecule has 1 heterocycles. The van der Waals surface area contributed by atoms with Crippen molar-refractivity contribution in [2.24, 2.45) is 0 Å². The number of carbonyl (C=O) groups is 2. The molecule has 1 aromatic rings. The van der Waals surface area contributed by atoms with E-state index in [1.807, 2.05) is 0 Å². The van der Waals surface area contributed by atoms with Crippen molar-refractivity contribution in [3.05, 3.63) is 16.8 Å². The van der Waals surface area contributed by atoms with Crippen LogP contribution in [0, 0.1) is 0 Å². The first-order chi connectivity index (χ1) is 8.85. The Labute approximate surface area is 116 Å². The van der Waals surface area contributed by atoms with E-state index in [0.29, 0.717) is 10.6 Å². The molecule has 0 aliphatic rings. The molecule has 19 heavy (non-hydrogen) atoms. The molecule has 0 aliphatic carbocycles. The second kappa shape index (κ2) is 6.42. The lowest BCUT2D eigenvalue weighted by atomic mass is 10.0. The standard InChI is InChI=1S/C11H14BClN2O4/c1-5(2)19-11(17)14-7-4-6(13)9(12)15-8(7)10(16)18-3/h4-5H,12H2,1-3H3,(H,14,17). The summed E-state index contributed by atoms with van der Waals surface area (Å²) in [4.78, 5) is 27.1. The van der Waals surface area contributed by atoms with Crippen LogP contribution in [0.5, 0.6) is 0 Å². The first kappa shape index (κ1) is 15.3.